The molecular weight excluding hydrogens is 489 g/mol. The molecule has 1 aromatic rings. The maximum atomic E-state index is 12.3. The summed E-state index contributed by atoms with van der Waals surface area (Å²) in [6, 6.07) is 8.25. The van der Waals surface area contributed by atoms with Gasteiger partial charge < -0.3 is 20.9 Å². The van der Waals surface area contributed by atoms with Crippen molar-refractivity contribution in [2.75, 3.05) is 34.2 Å². The van der Waals surface area contributed by atoms with E-state index in [1.165, 1.54) is 25.7 Å². The van der Waals surface area contributed by atoms with Crippen LogP contribution in [0.4, 0.5) is 0 Å². The Balaban J connectivity index is 0.00000450. The van der Waals surface area contributed by atoms with Crippen molar-refractivity contribution in [2.24, 2.45) is 16.8 Å². The Morgan fingerprint density at radius 1 is 1.17 bits per heavy atom. The maximum Gasteiger partial charge on any atom is 0.251 e. The zero-order valence-corrected chi connectivity index (χ0v) is 21.5. The molecule has 6 nitrogen and oxygen atoms in total. The van der Waals surface area contributed by atoms with Gasteiger partial charge in [-0.3, -0.25) is 9.79 Å². The number of nitrogens with zero attached hydrogens (tertiary/aromatic N) is 2. The summed E-state index contributed by atoms with van der Waals surface area (Å²) in [5.74, 6) is 2.44. The molecule has 3 N–H and O–H groups in total. The standard InChI is InChI=1S/C23H39N5O.HI/c1-17(2)19-9-11-21(12-10-19)27-23(24-3)26-16-18-7-6-8-20(15-18)22(29)25-13-14-28(4)5;/h6-8,15,17,19,21H,9-14,16H2,1-5H3,(H,25,29)(H2,24,26,27);1H. The zero-order valence-electron chi connectivity index (χ0n) is 19.2. The van der Waals surface area contributed by atoms with Crippen LogP contribution in [0.25, 0.3) is 0 Å². The lowest BCUT2D eigenvalue weighted by Crippen LogP contribution is -2.44. The van der Waals surface area contributed by atoms with Crippen LogP contribution >= 0.6 is 24.0 Å². The number of carbonyl (C=O) groups excluding carboxylic acids is 1. The van der Waals surface area contributed by atoms with Crippen molar-refractivity contribution in [3.8, 4) is 0 Å². The first-order valence-corrected chi connectivity index (χ1v) is 10.9. The summed E-state index contributed by atoms with van der Waals surface area (Å²) in [6.07, 6.45) is 4.98. The molecule has 0 saturated heterocycles. The van der Waals surface area contributed by atoms with Gasteiger partial charge in [0.1, 0.15) is 0 Å². The Morgan fingerprint density at radius 2 is 1.87 bits per heavy atom. The Bertz CT molecular complexity index is 669. The summed E-state index contributed by atoms with van der Waals surface area (Å²) in [6.45, 7) is 6.77. The first-order valence-electron chi connectivity index (χ1n) is 10.9. The van der Waals surface area contributed by atoms with Gasteiger partial charge in [0.05, 0.1) is 0 Å². The van der Waals surface area contributed by atoms with Gasteiger partial charge in [0.25, 0.3) is 5.91 Å². The minimum Gasteiger partial charge on any atom is -0.354 e. The summed E-state index contributed by atoms with van der Waals surface area (Å²) in [4.78, 5) is 18.8. The van der Waals surface area contributed by atoms with Crippen LogP contribution in [0.2, 0.25) is 0 Å². The third kappa shape index (κ3) is 9.20. The van der Waals surface area contributed by atoms with E-state index in [2.05, 4.69) is 39.7 Å². The number of carbonyl (C=O) groups is 1. The molecule has 1 saturated carbocycles. The zero-order chi connectivity index (χ0) is 21.2. The van der Waals surface area contributed by atoms with Crippen molar-refractivity contribution in [3.63, 3.8) is 0 Å². The molecule has 0 unspecified atom stereocenters. The number of hydrogen-bond donors (Lipinski definition) is 3. The van der Waals surface area contributed by atoms with Crippen molar-refractivity contribution in [1.82, 2.24) is 20.9 Å². The summed E-state index contributed by atoms with van der Waals surface area (Å²) in [7, 11) is 5.80. The maximum absolute atomic E-state index is 12.3. The highest BCUT2D eigenvalue weighted by molar-refractivity contribution is 14.0. The molecule has 0 atom stereocenters. The van der Waals surface area contributed by atoms with Crippen LogP contribution in [0.1, 0.15) is 55.5 Å². The van der Waals surface area contributed by atoms with Gasteiger partial charge in [-0.2, -0.15) is 0 Å². The van der Waals surface area contributed by atoms with Crippen molar-refractivity contribution >= 4 is 35.8 Å². The average Bonchev–Trinajstić information content (AvgIpc) is 2.71. The molecule has 0 spiro atoms. The number of hydrogen-bond acceptors (Lipinski definition) is 3. The van der Waals surface area contributed by atoms with E-state index in [4.69, 9.17) is 0 Å². The summed E-state index contributed by atoms with van der Waals surface area (Å²) in [5, 5.41) is 9.92. The van der Waals surface area contributed by atoms with Crippen LogP contribution in [0.5, 0.6) is 0 Å². The number of amides is 1. The molecule has 0 bridgehead atoms. The van der Waals surface area contributed by atoms with Gasteiger partial charge in [-0.05, 0) is 69.3 Å². The van der Waals surface area contributed by atoms with Crippen LogP contribution in [0, 0.1) is 11.8 Å². The molecule has 0 aliphatic heterocycles. The summed E-state index contributed by atoms with van der Waals surface area (Å²) >= 11 is 0. The largest absolute Gasteiger partial charge is 0.354 e. The molecule has 1 fully saturated rings. The molecule has 7 heteroatoms. The first-order chi connectivity index (χ1) is 13.9. The fourth-order valence-electron chi connectivity index (χ4n) is 3.82. The Hall–Kier alpha value is -1.35. The molecule has 2 rings (SSSR count). The van der Waals surface area contributed by atoms with E-state index in [1.54, 1.807) is 0 Å². The quantitative estimate of drug-likeness (QED) is 0.274. The van der Waals surface area contributed by atoms with E-state index in [0.29, 0.717) is 24.7 Å². The lowest BCUT2D eigenvalue weighted by molar-refractivity contribution is 0.0951. The SMILES string of the molecule is CN=C(NCc1cccc(C(=O)NCCN(C)C)c1)NC1CCC(C(C)C)CC1.I. The average molecular weight is 530 g/mol. The van der Waals surface area contributed by atoms with E-state index in [-0.39, 0.29) is 29.9 Å². The van der Waals surface area contributed by atoms with Crippen LogP contribution < -0.4 is 16.0 Å². The second-order valence-corrected chi connectivity index (χ2v) is 8.69. The third-order valence-corrected chi connectivity index (χ3v) is 5.77. The number of halogens is 1. The Kier molecular flexibility index (Phi) is 12.3. The topological polar surface area (TPSA) is 68.8 Å². The molecule has 1 aliphatic carbocycles. The van der Waals surface area contributed by atoms with Crippen LogP contribution in [-0.4, -0.2) is 57.0 Å². The van der Waals surface area contributed by atoms with Crippen LogP contribution in [0.15, 0.2) is 29.3 Å². The lowest BCUT2D eigenvalue weighted by atomic mass is 9.80. The van der Waals surface area contributed by atoms with Gasteiger partial charge in [-0.15, -0.1) is 24.0 Å². The number of guanidine groups is 1. The number of aliphatic imine (C=N–C) groups is 1. The normalized spacial score (nSPS) is 19.4. The number of rotatable bonds is 8. The van der Waals surface area contributed by atoms with Gasteiger partial charge in [0.2, 0.25) is 0 Å². The number of benzene rings is 1. The number of nitrogens with one attached hydrogen (secondary N) is 3. The van der Waals surface area contributed by atoms with E-state index < -0.39 is 0 Å². The van der Waals surface area contributed by atoms with E-state index in [1.807, 2.05) is 45.4 Å². The molecule has 30 heavy (non-hydrogen) atoms. The first kappa shape index (κ1) is 26.7. The summed E-state index contributed by atoms with van der Waals surface area (Å²) < 4.78 is 0. The predicted octanol–water partition coefficient (Wildman–Crippen LogP) is 3.48. The second kappa shape index (κ2) is 13.9. The van der Waals surface area contributed by atoms with E-state index in [0.717, 1.165) is 29.9 Å². The lowest BCUT2D eigenvalue weighted by Gasteiger charge is -2.32. The highest BCUT2D eigenvalue weighted by Gasteiger charge is 2.23. The second-order valence-electron chi connectivity index (χ2n) is 8.69. The third-order valence-electron chi connectivity index (χ3n) is 5.77. The molecule has 1 aliphatic rings. The molecule has 0 heterocycles. The molecule has 0 aromatic heterocycles. The van der Waals surface area contributed by atoms with Gasteiger partial charge in [-0.25, -0.2) is 0 Å². The molecule has 0 radical (unpaired) electrons. The van der Waals surface area contributed by atoms with Gasteiger partial charge >= 0.3 is 0 Å². The highest BCUT2D eigenvalue weighted by atomic mass is 127. The van der Waals surface area contributed by atoms with Crippen molar-refractivity contribution in [1.29, 1.82) is 0 Å². The molecular formula is C23H40IN5O. The van der Waals surface area contributed by atoms with Gasteiger partial charge in [0.15, 0.2) is 5.96 Å². The molecule has 1 amide bonds. The van der Waals surface area contributed by atoms with Crippen molar-refractivity contribution in [2.45, 2.75) is 52.1 Å². The molecule has 1 aromatic carbocycles. The Morgan fingerprint density at radius 3 is 2.47 bits per heavy atom. The minimum atomic E-state index is -0.0295. The molecule has 170 valence electrons. The minimum absolute atomic E-state index is 0. The van der Waals surface area contributed by atoms with E-state index >= 15 is 0 Å². The predicted molar refractivity (Wildman–Crippen MR) is 137 cm³/mol. The fourth-order valence-corrected chi connectivity index (χ4v) is 3.82. The van der Waals surface area contributed by atoms with Crippen LogP contribution in [-0.2, 0) is 6.54 Å². The van der Waals surface area contributed by atoms with Gasteiger partial charge in [0, 0.05) is 38.3 Å². The smallest absolute Gasteiger partial charge is 0.251 e. The number of likely N-dealkylation sites (N-methyl/N-ethyl adjacent to an activating group) is 1. The van der Waals surface area contributed by atoms with E-state index in [9.17, 15) is 4.79 Å². The Labute approximate surface area is 199 Å². The summed E-state index contributed by atoms with van der Waals surface area (Å²) in [5.41, 5.74) is 1.76. The monoisotopic (exact) mass is 529 g/mol. The van der Waals surface area contributed by atoms with Gasteiger partial charge in [-0.1, -0.05) is 26.0 Å². The van der Waals surface area contributed by atoms with Crippen molar-refractivity contribution < 1.29 is 4.79 Å². The highest BCUT2D eigenvalue weighted by Crippen LogP contribution is 2.29. The van der Waals surface area contributed by atoms with Crippen molar-refractivity contribution in [3.05, 3.63) is 35.4 Å². The van der Waals surface area contributed by atoms with Crippen LogP contribution in [0.3, 0.4) is 0 Å². The fraction of sp³-hybridized carbons (Fsp3) is 0.652.